The molecule has 4 rings (SSSR count). The number of hydrogen-bond donors (Lipinski definition) is 0. The van der Waals surface area contributed by atoms with Gasteiger partial charge in [-0.05, 0) is 63.1 Å². The number of benzene rings is 2. The molecule has 0 aliphatic carbocycles. The summed E-state index contributed by atoms with van der Waals surface area (Å²) in [5.74, 6) is -1.57. The molecule has 34 heavy (non-hydrogen) atoms. The quantitative estimate of drug-likeness (QED) is 0.347. The van der Waals surface area contributed by atoms with E-state index in [1.54, 1.807) is 36.4 Å². The van der Waals surface area contributed by atoms with Gasteiger partial charge in [-0.2, -0.15) is 0 Å². The van der Waals surface area contributed by atoms with Gasteiger partial charge in [0.2, 0.25) is 11.7 Å². The van der Waals surface area contributed by atoms with Gasteiger partial charge in [0.25, 0.3) is 5.91 Å². The van der Waals surface area contributed by atoms with Gasteiger partial charge in [-0.1, -0.05) is 30.2 Å². The van der Waals surface area contributed by atoms with Crippen molar-refractivity contribution in [2.75, 3.05) is 11.5 Å². The van der Waals surface area contributed by atoms with Crippen molar-refractivity contribution < 1.29 is 23.9 Å². The Bertz CT molecular complexity index is 1110. The Morgan fingerprint density at radius 3 is 2.29 bits per heavy atom. The standard InChI is InChI=1S/C26H27ClN2O5/c1-16-6-5-7-17(2)28(16)22-14-24(31)29(25(22)32)19-12-10-18(11-13-19)26(33)34-15-23(30)20-8-3-4-9-21(20)27/h3-4,8-13,16-17,22H,5-7,14-15H2,1-2H3/t16-,17+,22?. The highest BCUT2D eigenvalue weighted by Gasteiger charge is 2.46. The van der Waals surface area contributed by atoms with Gasteiger partial charge < -0.3 is 4.74 Å². The molecule has 2 aromatic rings. The first-order chi connectivity index (χ1) is 16.3. The summed E-state index contributed by atoms with van der Waals surface area (Å²) in [6.07, 6.45) is 3.30. The topological polar surface area (TPSA) is 84.0 Å². The number of esters is 1. The lowest BCUT2D eigenvalue weighted by Crippen LogP contribution is -2.52. The summed E-state index contributed by atoms with van der Waals surface area (Å²) >= 11 is 6.01. The smallest absolute Gasteiger partial charge is 0.338 e. The van der Waals surface area contributed by atoms with Crippen LogP contribution in [0.3, 0.4) is 0 Å². The van der Waals surface area contributed by atoms with Crippen LogP contribution in [0.1, 0.15) is 60.2 Å². The number of nitrogens with zero attached hydrogens (tertiary/aromatic N) is 2. The fourth-order valence-corrected chi connectivity index (χ4v) is 5.14. The number of hydrogen-bond acceptors (Lipinski definition) is 6. The lowest BCUT2D eigenvalue weighted by atomic mass is 9.94. The summed E-state index contributed by atoms with van der Waals surface area (Å²) in [6, 6.07) is 12.6. The Hall–Kier alpha value is -3.03. The number of amides is 2. The predicted octanol–water partition coefficient (Wildman–Crippen LogP) is 4.27. The number of ether oxygens (including phenoxy) is 1. The van der Waals surface area contributed by atoms with E-state index >= 15 is 0 Å². The van der Waals surface area contributed by atoms with E-state index in [-0.39, 0.29) is 41.4 Å². The lowest BCUT2D eigenvalue weighted by molar-refractivity contribution is -0.124. The number of rotatable bonds is 6. The van der Waals surface area contributed by atoms with Crippen molar-refractivity contribution in [2.24, 2.45) is 0 Å². The first-order valence-corrected chi connectivity index (χ1v) is 11.8. The van der Waals surface area contributed by atoms with E-state index in [4.69, 9.17) is 16.3 Å². The summed E-state index contributed by atoms with van der Waals surface area (Å²) < 4.78 is 5.13. The van der Waals surface area contributed by atoms with E-state index in [1.165, 1.54) is 17.0 Å². The highest BCUT2D eigenvalue weighted by molar-refractivity contribution is 6.34. The fourth-order valence-electron chi connectivity index (χ4n) is 4.90. The van der Waals surface area contributed by atoms with E-state index in [9.17, 15) is 19.2 Å². The number of carbonyl (C=O) groups excluding carboxylic acids is 4. The summed E-state index contributed by atoms with van der Waals surface area (Å²) in [5.41, 5.74) is 0.911. The van der Waals surface area contributed by atoms with Gasteiger partial charge in [-0.15, -0.1) is 0 Å². The Kier molecular flexibility index (Phi) is 7.14. The molecule has 178 valence electrons. The highest BCUT2D eigenvalue weighted by Crippen LogP contribution is 2.32. The molecule has 2 aliphatic rings. The Morgan fingerprint density at radius 1 is 1.00 bits per heavy atom. The molecule has 2 aromatic carbocycles. The van der Waals surface area contributed by atoms with Gasteiger partial charge in [0.05, 0.1) is 28.7 Å². The molecule has 7 nitrogen and oxygen atoms in total. The van der Waals surface area contributed by atoms with Crippen LogP contribution in [0.15, 0.2) is 48.5 Å². The van der Waals surface area contributed by atoms with Crippen molar-refractivity contribution >= 4 is 40.9 Å². The average molecular weight is 483 g/mol. The molecule has 0 bridgehead atoms. The largest absolute Gasteiger partial charge is 0.454 e. The van der Waals surface area contributed by atoms with E-state index in [2.05, 4.69) is 18.7 Å². The molecule has 2 aliphatic heterocycles. The Labute approximate surface area is 203 Å². The van der Waals surface area contributed by atoms with Crippen molar-refractivity contribution in [3.63, 3.8) is 0 Å². The fraction of sp³-hybridized carbons (Fsp3) is 0.385. The number of likely N-dealkylation sites (tertiary alicyclic amines) is 1. The van der Waals surface area contributed by atoms with Crippen molar-refractivity contribution in [1.82, 2.24) is 4.90 Å². The minimum absolute atomic E-state index is 0.154. The van der Waals surface area contributed by atoms with Gasteiger partial charge in [-0.3, -0.25) is 19.3 Å². The van der Waals surface area contributed by atoms with Crippen LogP contribution in [0.2, 0.25) is 5.02 Å². The number of halogens is 1. The first kappa shape index (κ1) is 24.1. The second-order valence-corrected chi connectivity index (χ2v) is 9.30. The van der Waals surface area contributed by atoms with Crippen LogP contribution in [0, 0.1) is 0 Å². The molecule has 2 heterocycles. The molecule has 0 radical (unpaired) electrons. The monoisotopic (exact) mass is 482 g/mol. The SMILES string of the molecule is C[C@@H]1CCC[C@H](C)N1C1CC(=O)N(c2ccc(C(=O)OCC(=O)c3ccccc3Cl)cc2)C1=O. The third-order valence-corrected chi connectivity index (χ3v) is 6.94. The third kappa shape index (κ3) is 4.76. The maximum Gasteiger partial charge on any atom is 0.338 e. The molecule has 0 spiro atoms. The molecule has 2 saturated heterocycles. The van der Waals surface area contributed by atoms with Crippen LogP contribution < -0.4 is 4.90 Å². The second-order valence-electron chi connectivity index (χ2n) is 8.89. The van der Waals surface area contributed by atoms with Crippen LogP contribution in [-0.2, 0) is 14.3 Å². The number of imide groups is 1. The van der Waals surface area contributed by atoms with Crippen molar-refractivity contribution in [2.45, 2.75) is 57.7 Å². The van der Waals surface area contributed by atoms with E-state index in [0.717, 1.165) is 19.3 Å². The number of piperidine rings is 1. The van der Waals surface area contributed by atoms with Crippen molar-refractivity contribution in [1.29, 1.82) is 0 Å². The first-order valence-electron chi connectivity index (χ1n) is 11.5. The molecule has 3 atom stereocenters. The molecule has 0 saturated carbocycles. The van der Waals surface area contributed by atoms with Crippen LogP contribution in [0.4, 0.5) is 5.69 Å². The molecule has 2 fully saturated rings. The molecule has 1 unspecified atom stereocenters. The van der Waals surface area contributed by atoms with Gasteiger partial charge in [-0.25, -0.2) is 9.69 Å². The molecule has 8 heteroatoms. The highest BCUT2D eigenvalue weighted by atomic mass is 35.5. The predicted molar refractivity (Wildman–Crippen MR) is 128 cm³/mol. The Balaban J connectivity index is 1.41. The van der Waals surface area contributed by atoms with Crippen LogP contribution >= 0.6 is 11.6 Å². The minimum Gasteiger partial charge on any atom is -0.454 e. The molecule has 0 N–H and O–H groups in total. The third-order valence-electron chi connectivity index (χ3n) is 6.61. The lowest BCUT2D eigenvalue weighted by Gasteiger charge is -2.41. The van der Waals surface area contributed by atoms with Crippen LogP contribution in [0.5, 0.6) is 0 Å². The normalized spacial score (nSPS) is 23.3. The molecule has 2 amide bonds. The van der Waals surface area contributed by atoms with E-state index < -0.39 is 24.4 Å². The van der Waals surface area contributed by atoms with Crippen LogP contribution in [0.25, 0.3) is 0 Å². The zero-order valence-electron chi connectivity index (χ0n) is 19.2. The van der Waals surface area contributed by atoms with Gasteiger partial charge in [0.15, 0.2) is 6.61 Å². The number of Topliss-reactive ketones (excluding diaryl/α,β-unsaturated/α-hetero) is 1. The zero-order valence-corrected chi connectivity index (χ0v) is 20.0. The molecular weight excluding hydrogens is 456 g/mol. The van der Waals surface area contributed by atoms with E-state index in [1.807, 2.05) is 0 Å². The van der Waals surface area contributed by atoms with Crippen LogP contribution in [-0.4, -0.2) is 53.2 Å². The van der Waals surface area contributed by atoms with Crippen molar-refractivity contribution in [3.8, 4) is 0 Å². The maximum atomic E-state index is 13.2. The van der Waals surface area contributed by atoms with Gasteiger partial charge >= 0.3 is 5.97 Å². The van der Waals surface area contributed by atoms with Gasteiger partial charge in [0.1, 0.15) is 0 Å². The summed E-state index contributed by atoms with van der Waals surface area (Å²) in [5, 5.41) is 0.291. The summed E-state index contributed by atoms with van der Waals surface area (Å²) in [7, 11) is 0. The molecular formula is C26H27ClN2O5. The summed E-state index contributed by atoms with van der Waals surface area (Å²) in [6.45, 7) is 3.77. The number of carbonyl (C=O) groups is 4. The second kappa shape index (κ2) is 10.1. The Morgan fingerprint density at radius 2 is 1.65 bits per heavy atom. The van der Waals surface area contributed by atoms with Gasteiger partial charge in [0, 0.05) is 17.6 Å². The van der Waals surface area contributed by atoms with E-state index in [0.29, 0.717) is 10.7 Å². The summed E-state index contributed by atoms with van der Waals surface area (Å²) in [4.78, 5) is 54.0. The van der Waals surface area contributed by atoms with Crippen molar-refractivity contribution in [3.05, 3.63) is 64.7 Å². The number of anilines is 1. The average Bonchev–Trinajstić information content (AvgIpc) is 3.11. The maximum absolute atomic E-state index is 13.2. The minimum atomic E-state index is -0.681. The number of ketones is 1. The zero-order chi connectivity index (χ0) is 24.4. The molecule has 0 aromatic heterocycles.